The Morgan fingerprint density at radius 2 is 2.24 bits per heavy atom. The molecule has 1 N–H and O–H groups in total. The van der Waals surface area contributed by atoms with Crippen LogP contribution in [0.1, 0.15) is 26.7 Å². The van der Waals surface area contributed by atoms with E-state index in [-0.39, 0.29) is 0 Å². The van der Waals surface area contributed by atoms with E-state index in [2.05, 4.69) is 23.2 Å². The van der Waals surface area contributed by atoms with Crippen LogP contribution in [0.4, 0.5) is 0 Å². The zero-order valence-corrected chi connectivity index (χ0v) is 11.5. The summed E-state index contributed by atoms with van der Waals surface area (Å²) >= 11 is 0. The number of nitrogens with zero attached hydrogens (tertiary/aromatic N) is 2. The number of likely N-dealkylation sites (N-methyl/N-ethyl adjacent to an activating group) is 1. The second-order valence-electron chi connectivity index (χ2n) is 5.24. The van der Waals surface area contributed by atoms with E-state index in [9.17, 15) is 5.26 Å². The van der Waals surface area contributed by atoms with Crippen molar-refractivity contribution in [3.05, 3.63) is 0 Å². The van der Waals surface area contributed by atoms with Crippen LogP contribution in [0.3, 0.4) is 0 Å². The average Bonchev–Trinajstić information content (AvgIpc) is 3.17. The predicted octanol–water partition coefficient (Wildman–Crippen LogP) is 1.23. The largest absolute Gasteiger partial charge is 0.383 e. The van der Waals surface area contributed by atoms with Gasteiger partial charge in [0.1, 0.15) is 5.54 Å². The van der Waals surface area contributed by atoms with E-state index in [4.69, 9.17) is 4.74 Å². The molecule has 0 heterocycles. The lowest BCUT2D eigenvalue weighted by atomic mass is 10.0. The molecule has 0 aromatic heterocycles. The molecule has 0 radical (unpaired) electrons. The molecule has 0 amide bonds. The van der Waals surface area contributed by atoms with Crippen molar-refractivity contribution < 1.29 is 4.74 Å². The van der Waals surface area contributed by atoms with Crippen LogP contribution in [0.25, 0.3) is 0 Å². The van der Waals surface area contributed by atoms with Gasteiger partial charge in [0.2, 0.25) is 0 Å². The van der Waals surface area contributed by atoms with E-state index >= 15 is 0 Å². The lowest BCUT2D eigenvalue weighted by Gasteiger charge is -2.34. The maximum atomic E-state index is 9.23. The molecule has 2 atom stereocenters. The van der Waals surface area contributed by atoms with Crippen LogP contribution < -0.4 is 5.32 Å². The van der Waals surface area contributed by atoms with Crippen molar-refractivity contribution in [2.75, 3.05) is 33.9 Å². The highest BCUT2D eigenvalue weighted by atomic mass is 16.5. The maximum Gasteiger partial charge on any atom is 0.116 e. The standard InChI is InChI=1S/C13H25N3O/c1-11(12-5-6-12)16(7-8-17-4)10-13(2,9-14)15-3/h11-12,15H,5-8,10H2,1-4H3. The molecule has 0 aromatic rings. The first-order valence-corrected chi connectivity index (χ1v) is 6.39. The van der Waals surface area contributed by atoms with E-state index in [1.54, 1.807) is 7.11 Å². The highest BCUT2D eigenvalue weighted by Crippen LogP contribution is 2.35. The molecule has 0 saturated heterocycles. The molecule has 1 rings (SSSR count). The summed E-state index contributed by atoms with van der Waals surface area (Å²) in [4.78, 5) is 2.38. The van der Waals surface area contributed by atoms with E-state index in [0.717, 1.165) is 25.6 Å². The number of methoxy groups -OCH3 is 1. The topological polar surface area (TPSA) is 48.3 Å². The first kappa shape index (κ1) is 14.4. The maximum absolute atomic E-state index is 9.23. The Labute approximate surface area is 105 Å². The summed E-state index contributed by atoms with van der Waals surface area (Å²) in [6, 6.07) is 2.90. The Morgan fingerprint density at radius 1 is 1.59 bits per heavy atom. The summed E-state index contributed by atoms with van der Waals surface area (Å²) in [6.07, 6.45) is 2.65. The molecule has 1 aliphatic carbocycles. The number of hydrogen-bond donors (Lipinski definition) is 1. The van der Waals surface area contributed by atoms with Crippen LogP contribution in [-0.2, 0) is 4.74 Å². The Morgan fingerprint density at radius 3 is 2.65 bits per heavy atom. The van der Waals surface area contributed by atoms with Crippen LogP contribution in [0.2, 0.25) is 0 Å². The lowest BCUT2D eigenvalue weighted by Crippen LogP contribution is -2.52. The lowest BCUT2D eigenvalue weighted by molar-refractivity contribution is 0.102. The van der Waals surface area contributed by atoms with Crippen LogP contribution in [0.15, 0.2) is 0 Å². The molecular formula is C13H25N3O. The number of nitriles is 1. The van der Waals surface area contributed by atoms with Crippen molar-refractivity contribution in [2.45, 2.75) is 38.3 Å². The van der Waals surface area contributed by atoms with Gasteiger partial charge in [-0.3, -0.25) is 4.90 Å². The quantitative estimate of drug-likeness (QED) is 0.692. The van der Waals surface area contributed by atoms with Gasteiger partial charge < -0.3 is 10.1 Å². The molecule has 1 fully saturated rings. The number of rotatable bonds is 8. The first-order valence-electron chi connectivity index (χ1n) is 6.39. The Balaban J connectivity index is 2.58. The van der Waals surface area contributed by atoms with Crippen LogP contribution in [0, 0.1) is 17.2 Å². The van der Waals surface area contributed by atoms with Crippen LogP contribution in [-0.4, -0.2) is 50.3 Å². The molecule has 4 nitrogen and oxygen atoms in total. The number of ether oxygens (including phenoxy) is 1. The van der Waals surface area contributed by atoms with Gasteiger partial charge >= 0.3 is 0 Å². The molecule has 0 aliphatic heterocycles. The monoisotopic (exact) mass is 239 g/mol. The highest BCUT2D eigenvalue weighted by Gasteiger charge is 2.35. The number of nitrogens with one attached hydrogen (secondary N) is 1. The second-order valence-corrected chi connectivity index (χ2v) is 5.24. The summed E-state index contributed by atoms with van der Waals surface area (Å²) in [5, 5.41) is 12.3. The summed E-state index contributed by atoms with van der Waals surface area (Å²) in [7, 11) is 3.57. The van der Waals surface area contributed by atoms with E-state index in [0.29, 0.717) is 6.04 Å². The predicted molar refractivity (Wildman–Crippen MR) is 68.7 cm³/mol. The third-order valence-corrected chi connectivity index (χ3v) is 3.78. The van der Waals surface area contributed by atoms with Gasteiger partial charge in [-0.05, 0) is 39.7 Å². The third-order valence-electron chi connectivity index (χ3n) is 3.78. The fourth-order valence-corrected chi connectivity index (χ4v) is 2.09. The number of hydrogen-bond acceptors (Lipinski definition) is 4. The Kier molecular flexibility index (Phi) is 5.38. The highest BCUT2D eigenvalue weighted by molar-refractivity contribution is 5.06. The SMILES string of the molecule is CNC(C)(C#N)CN(CCOC)C(C)C1CC1. The second kappa shape index (κ2) is 6.34. The molecule has 2 unspecified atom stereocenters. The minimum atomic E-state index is -0.475. The molecular weight excluding hydrogens is 214 g/mol. The third kappa shape index (κ3) is 4.27. The molecule has 0 spiro atoms. The molecule has 1 saturated carbocycles. The molecule has 0 bridgehead atoms. The van der Waals surface area contributed by atoms with Gasteiger partial charge in [-0.1, -0.05) is 0 Å². The van der Waals surface area contributed by atoms with Gasteiger partial charge in [0.05, 0.1) is 12.7 Å². The summed E-state index contributed by atoms with van der Waals surface area (Å²) in [5.74, 6) is 0.812. The van der Waals surface area contributed by atoms with Crippen molar-refractivity contribution in [1.82, 2.24) is 10.2 Å². The zero-order valence-electron chi connectivity index (χ0n) is 11.5. The van der Waals surface area contributed by atoms with E-state index in [1.165, 1.54) is 12.8 Å². The van der Waals surface area contributed by atoms with Gasteiger partial charge in [0, 0.05) is 26.2 Å². The van der Waals surface area contributed by atoms with Gasteiger partial charge in [-0.2, -0.15) is 5.26 Å². The minimum Gasteiger partial charge on any atom is -0.383 e. The Hall–Kier alpha value is -0.630. The first-order chi connectivity index (χ1) is 8.06. The van der Waals surface area contributed by atoms with Crippen LogP contribution >= 0.6 is 0 Å². The van der Waals surface area contributed by atoms with Crippen molar-refractivity contribution in [3.8, 4) is 6.07 Å². The average molecular weight is 239 g/mol. The normalized spacial score (nSPS) is 20.9. The fraction of sp³-hybridized carbons (Fsp3) is 0.923. The summed E-state index contributed by atoms with van der Waals surface area (Å²) < 4.78 is 5.16. The van der Waals surface area contributed by atoms with Gasteiger partial charge in [0.25, 0.3) is 0 Å². The van der Waals surface area contributed by atoms with Crippen molar-refractivity contribution >= 4 is 0 Å². The van der Waals surface area contributed by atoms with Crippen molar-refractivity contribution in [1.29, 1.82) is 5.26 Å². The molecule has 17 heavy (non-hydrogen) atoms. The van der Waals surface area contributed by atoms with Gasteiger partial charge in [0.15, 0.2) is 0 Å². The van der Waals surface area contributed by atoms with Gasteiger partial charge in [-0.25, -0.2) is 0 Å². The Bertz CT molecular complexity index is 272. The molecule has 1 aliphatic rings. The van der Waals surface area contributed by atoms with Crippen molar-refractivity contribution in [3.63, 3.8) is 0 Å². The summed E-state index contributed by atoms with van der Waals surface area (Å²) in [6.45, 7) is 6.59. The van der Waals surface area contributed by atoms with Crippen molar-refractivity contribution in [2.24, 2.45) is 5.92 Å². The van der Waals surface area contributed by atoms with Gasteiger partial charge in [-0.15, -0.1) is 0 Å². The smallest absolute Gasteiger partial charge is 0.116 e. The van der Waals surface area contributed by atoms with E-state index < -0.39 is 5.54 Å². The molecule has 4 heteroatoms. The van der Waals surface area contributed by atoms with Crippen LogP contribution in [0.5, 0.6) is 0 Å². The minimum absolute atomic E-state index is 0.475. The fourth-order valence-electron chi connectivity index (χ4n) is 2.09. The summed E-state index contributed by atoms with van der Waals surface area (Å²) in [5.41, 5.74) is -0.475. The molecule has 0 aromatic carbocycles. The zero-order chi connectivity index (χ0) is 12.9. The molecule has 98 valence electrons. The van der Waals surface area contributed by atoms with E-state index in [1.807, 2.05) is 14.0 Å².